The van der Waals surface area contributed by atoms with Gasteiger partial charge in [0.05, 0.1) is 16.2 Å². The van der Waals surface area contributed by atoms with Crippen LogP contribution in [0.15, 0.2) is 64.1 Å². The van der Waals surface area contributed by atoms with E-state index in [-0.39, 0.29) is 17.5 Å². The van der Waals surface area contributed by atoms with Crippen molar-refractivity contribution >= 4 is 41.0 Å². The van der Waals surface area contributed by atoms with Crippen molar-refractivity contribution in [1.29, 1.82) is 0 Å². The molecular weight excluding hydrogens is 479 g/mol. The molecule has 0 saturated carbocycles. The zero-order chi connectivity index (χ0) is 24.1. The highest BCUT2D eigenvalue weighted by molar-refractivity contribution is 6.33. The lowest BCUT2D eigenvalue weighted by Gasteiger charge is -2.30. The number of benzene rings is 2. The van der Waals surface area contributed by atoms with Crippen molar-refractivity contribution in [3.8, 4) is 11.3 Å². The van der Waals surface area contributed by atoms with E-state index in [2.05, 4.69) is 15.4 Å². The van der Waals surface area contributed by atoms with Crippen LogP contribution in [0.5, 0.6) is 0 Å². The van der Waals surface area contributed by atoms with Crippen LogP contribution in [0, 0.1) is 16.0 Å². The van der Waals surface area contributed by atoms with Gasteiger partial charge in [0.15, 0.2) is 0 Å². The normalized spacial score (nSPS) is 15.0. The molecule has 1 aliphatic rings. The highest BCUT2D eigenvalue weighted by atomic mass is 35.5. The Morgan fingerprint density at radius 2 is 1.88 bits per heavy atom. The van der Waals surface area contributed by atoms with Gasteiger partial charge in [-0.05, 0) is 61.8 Å². The van der Waals surface area contributed by atoms with E-state index >= 15 is 0 Å². The standard InChI is InChI=1S/C24H22Cl2N4O4/c25-18-3-1-16(2-4-18)15-29-11-9-17(10-12-29)24(31)28-27-14-20-6-8-23(34-20)21-13-19(30(32)33)5-7-22(21)26/h1-8,13-14,17H,9-12,15H2,(H,28,31). The van der Waals surface area contributed by atoms with E-state index in [9.17, 15) is 14.9 Å². The summed E-state index contributed by atoms with van der Waals surface area (Å²) in [5, 5.41) is 16.1. The number of hydrazone groups is 1. The SMILES string of the molecule is O=C(NN=Cc1ccc(-c2cc([N+](=O)[O-])ccc2Cl)o1)C1CCN(Cc2ccc(Cl)cc2)CC1. The lowest BCUT2D eigenvalue weighted by atomic mass is 9.96. The second kappa shape index (κ2) is 10.8. The number of furan rings is 1. The van der Waals surface area contributed by atoms with Crippen molar-refractivity contribution in [3.63, 3.8) is 0 Å². The van der Waals surface area contributed by atoms with E-state index in [4.69, 9.17) is 27.6 Å². The van der Waals surface area contributed by atoms with Crippen LogP contribution in [-0.4, -0.2) is 35.0 Å². The Balaban J connectivity index is 1.28. The van der Waals surface area contributed by atoms with Gasteiger partial charge in [-0.15, -0.1) is 0 Å². The van der Waals surface area contributed by atoms with E-state index in [1.165, 1.54) is 30.0 Å². The largest absolute Gasteiger partial charge is 0.455 e. The molecule has 176 valence electrons. The van der Waals surface area contributed by atoms with E-state index in [0.717, 1.165) is 37.5 Å². The van der Waals surface area contributed by atoms with Gasteiger partial charge in [-0.25, -0.2) is 5.43 Å². The predicted octanol–water partition coefficient (Wildman–Crippen LogP) is 5.52. The molecule has 10 heteroatoms. The number of nitrogens with one attached hydrogen (secondary N) is 1. The number of nitro benzene ring substituents is 1. The fourth-order valence-electron chi connectivity index (χ4n) is 3.83. The summed E-state index contributed by atoms with van der Waals surface area (Å²) in [6.45, 7) is 2.49. The molecule has 2 aromatic carbocycles. The summed E-state index contributed by atoms with van der Waals surface area (Å²) in [7, 11) is 0. The molecule has 0 bridgehead atoms. The summed E-state index contributed by atoms with van der Waals surface area (Å²) in [6.07, 6.45) is 2.90. The van der Waals surface area contributed by atoms with E-state index in [1.807, 2.05) is 24.3 Å². The Hall–Kier alpha value is -3.20. The Morgan fingerprint density at radius 1 is 1.15 bits per heavy atom. The number of halogens is 2. The molecule has 4 rings (SSSR count). The molecule has 1 amide bonds. The van der Waals surface area contributed by atoms with Gasteiger partial charge in [-0.1, -0.05) is 35.3 Å². The van der Waals surface area contributed by atoms with E-state index in [1.54, 1.807) is 12.1 Å². The zero-order valence-electron chi connectivity index (χ0n) is 18.1. The Kier molecular flexibility index (Phi) is 7.62. The highest BCUT2D eigenvalue weighted by Crippen LogP contribution is 2.32. The van der Waals surface area contributed by atoms with Crippen molar-refractivity contribution < 1.29 is 14.1 Å². The molecule has 0 atom stereocenters. The molecule has 3 aromatic rings. The lowest BCUT2D eigenvalue weighted by molar-refractivity contribution is -0.384. The first kappa shape index (κ1) is 23.9. The number of carbonyl (C=O) groups is 1. The summed E-state index contributed by atoms with van der Waals surface area (Å²) < 4.78 is 5.67. The van der Waals surface area contributed by atoms with Gasteiger partial charge >= 0.3 is 0 Å². The Morgan fingerprint density at radius 3 is 2.59 bits per heavy atom. The molecule has 0 radical (unpaired) electrons. The second-order valence-corrected chi connectivity index (χ2v) is 8.88. The van der Waals surface area contributed by atoms with Crippen LogP contribution in [0.1, 0.15) is 24.2 Å². The van der Waals surface area contributed by atoms with Gasteiger partial charge in [-0.3, -0.25) is 19.8 Å². The fourth-order valence-corrected chi connectivity index (χ4v) is 4.17. The van der Waals surface area contributed by atoms with Crippen LogP contribution >= 0.6 is 23.2 Å². The molecule has 1 fully saturated rings. The summed E-state index contributed by atoms with van der Waals surface area (Å²) in [5.74, 6) is 0.524. The molecule has 8 nitrogen and oxygen atoms in total. The van der Waals surface area contributed by atoms with Gasteiger partial charge in [0.25, 0.3) is 5.69 Å². The number of hydrogen-bond acceptors (Lipinski definition) is 6. The first-order valence-electron chi connectivity index (χ1n) is 10.7. The minimum Gasteiger partial charge on any atom is -0.455 e. The molecular formula is C24H22Cl2N4O4. The molecule has 1 saturated heterocycles. The van der Waals surface area contributed by atoms with E-state index < -0.39 is 4.92 Å². The average Bonchev–Trinajstić information content (AvgIpc) is 3.30. The van der Waals surface area contributed by atoms with Gasteiger partial charge in [0.2, 0.25) is 5.91 Å². The minimum absolute atomic E-state index is 0.0857. The Labute approximate surface area is 206 Å². The van der Waals surface area contributed by atoms with Crippen LogP contribution in [0.2, 0.25) is 10.0 Å². The third-order valence-electron chi connectivity index (χ3n) is 5.70. The molecule has 0 aliphatic carbocycles. The molecule has 0 unspecified atom stereocenters. The number of non-ortho nitro benzene ring substituents is 1. The fraction of sp³-hybridized carbons (Fsp3) is 0.250. The summed E-state index contributed by atoms with van der Waals surface area (Å²) in [5.41, 5.74) is 4.10. The molecule has 1 aromatic heterocycles. The third-order valence-corrected chi connectivity index (χ3v) is 6.28. The number of likely N-dealkylation sites (tertiary alicyclic amines) is 1. The van der Waals surface area contributed by atoms with Crippen LogP contribution in [0.3, 0.4) is 0 Å². The van der Waals surface area contributed by atoms with Crippen molar-refractivity contribution in [3.05, 3.63) is 86.1 Å². The number of carbonyl (C=O) groups excluding carboxylic acids is 1. The molecule has 1 aliphatic heterocycles. The summed E-state index contributed by atoms with van der Waals surface area (Å²) >= 11 is 12.1. The van der Waals surface area contributed by atoms with Crippen molar-refractivity contribution in [1.82, 2.24) is 10.3 Å². The summed E-state index contributed by atoms with van der Waals surface area (Å²) in [6, 6.07) is 15.2. The topological polar surface area (TPSA) is 101 Å². The number of rotatable bonds is 7. The van der Waals surface area contributed by atoms with Gasteiger partial charge in [-0.2, -0.15) is 5.10 Å². The second-order valence-electron chi connectivity index (χ2n) is 8.03. The first-order valence-corrected chi connectivity index (χ1v) is 11.5. The van der Waals surface area contributed by atoms with Crippen molar-refractivity contribution in [2.45, 2.75) is 19.4 Å². The van der Waals surface area contributed by atoms with Crippen LogP contribution in [0.25, 0.3) is 11.3 Å². The molecule has 2 heterocycles. The average molecular weight is 501 g/mol. The first-order chi connectivity index (χ1) is 16.4. The highest BCUT2D eigenvalue weighted by Gasteiger charge is 2.24. The van der Waals surface area contributed by atoms with Gasteiger partial charge in [0, 0.05) is 35.2 Å². The van der Waals surface area contributed by atoms with Crippen molar-refractivity contribution in [2.75, 3.05) is 13.1 Å². The number of nitro groups is 1. The number of piperidine rings is 1. The summed E-state index contributed by atoms with van der Waals surface area (Å²) in [4.78, 5) is 25.3. The lowest BCUT2D eigenvalue weighted by Crippen LogP contribution is -2.39. The number of nitrogens with zero attached hydrogens (tertiary/aromatic N) is 3. The molecule has 1 N–H and O–H groups in total. The smallest absolute Gasteiger partial charge is 0.270 e. The Bertz CT molecular complexity index is 1200. The van der Waals surface area contributed by atoms with Crippen LogP contribution in [-0.2, 0) is 11.3 Å². The van der Waals surface area contributed by atoms with Crippen molar-refractivity contribution in [2.24, 2.45) is 11.0 Å². The molecule has 34 heavy (non-hydrogen) atoms. The van der Waals surface area contributed by atoms with E-state index in [0.29, 0.717) is 22.1 Å². The maximum absolute atomic E-state index is 12.5. The maximum Gasteiger partial charge on any atom is 0.270 e. The van der Waals surface area contributed by atoms with Crippen LogP contribution < -0.4 is 5.43 Å². The number of amides is 1. The maximum atomic E-state index is 12.5. The minimum atomic E-state index is -0.497. The molecule has 0 spiro atoms. The zero-order valence-corrected chi connectivity index (χ0v) is 19.6. The monoisotopic (exact) mass is 500 g/mol. The van der Waals surface area contributed by atoms with Crippen LogP contribution in [0.4, 0.5) is 5.69 Å². The number of hydrogen-bond donors (Lipinski definition) is 1. The third kappa shape index (κ3) is 6.02. The quantitative estimate of drug-likeness (QED) is 0.261. The van der Waals surface area contributed by atoms with Gasteiger partial charge < -0.3 is 4.42 Å². The predicted molar refractivity (Wildman–Crippen MR) is 131 cm³/mol. The van der Waals surface area contributed by atoms with Gasteiger partial charge in [0.1, 0.15) is 11.5 Å².